The average molecular weight is 287 g/mol. The third-order valence-corrected chi connectivity index (χ3v) is 3.01. The summed E-state index contributed by atoms with van der Waals surface area (Å²) >= 11 is 0. The van der Waals surface area contributed by atoms with Crippen LogP contribution in [0.15, 0.2) is 35.5 Å². The van der Waals surface area contributed by atoms with Crippen LogP contribution in [0.2, 0.25) is 0 Å². The first kappa shape index (κ1) is 16.3. The summed E-state index contributed by atoms with van der Waals surface area (Å²) in [6.45, 7) is 5.86. The highest BCUT2D eigenvalue weighted by Gasteiger charge is 2.35. The molecule has 1 N–H and O–H groups in total. The molecule has 0 unspecified atom stereocenters. The Morgan fingerprint density at radius 2 is 1.80 bits per heavy atom. The number of rotatable bonds is 2. The van der Waals surface area contributed by atoms with E-state index >= 15 is 0 Å². The summed E-state index contributed by atoms with van der Waals surface area (Å²) in [4.78, 5) is 11.8. The highest BCUT2D eigenvalue weighted by molar-refractivity contribution is 5.97. The lowest BCUT2D eigenvalue weighted by Gasteiger charge is -2.22. The lowest BCUT2D eigenvalue weighted by molar-refractivity contribution is -0.137. The standard InChI is InChI=1S/C13H12F3NO.C2H6.H2/c1-8-6-7-11(8)17-12(18)9-4-2-3-5-10(9)13(14,15)16;1-2;/h2-5H,6-7H2,1H3,(H,17,18);1-2H3;1H. The molecule has 0 saturated carbocycles. The van der Waals surface area contributed by atoms with Crippen molar-refractivity contribution >= 4 is 5.91 Å². The first-order valence-corrected chi connectivity index (χ1v) is 6.56. The van der Waals surface area contributed by atoms with Gasteiger partial charge in [0.05, 0.1) is 11.1 Å². The van der Waals surface area contributed by atoms with Crippen molar-refractivity contribution in [3.63, 3.8) is 0 Å². The SMILES string of the molecule is CC.CC1=C(NC(=O)c2ccccc2C(F)(F)F)CC1.[HH]. The van der Waals surface area contributed by atoms with Gasteiger partial charge < -0.3 is 5.32 Å². The number of amides is 1. The summed E-state index contributed by atoms with van der Waals surface area (Å²) in [5.41, 5.74) is 0.516. The summed E-state index contributed by atoms with van der Waals surface area (Å²) in [6, 6.07) is 4.79. The lowest BCUT2D eigenvalue weighted by atomic mass is 9.95. The molecule has 0 saturated heterocycles. The van der Waals surface area contributed by atoms with Crippen LogP contribution in [0.3, 0.4) is 0 Å². The van der Waals surface area contributed by atoms with Crippen molar-refractivity contribution in [3.05, 3.63) is 46.7 Å². The maximum Gasteiger partial charge on any atom is 0.417 e. The second kappa shape index (κ2) is 6.59. The van der Waals surface area contributed by atoms with Crippen LogP contribution in [-0.2, 0) is 6.18 Å². The minimum absolute atomic E-state index is 0. The van der Waals surface area contributed by atoms with Gasteiger partial charge >= 0.3 is 6.18 Å². The summed E-state index contributed by atoms with van der Waals surface area (Å²) in [6.07, 6.45) is -2.92. The number of carbonyl (C=O) groups is 1. The molecule has 1 aromatic rings. The zero-order valence-corrected chi connectivity index (χ0v) is 11.8. The summed E-state index contributed by atoms with van der Waals surface area (Å²) in [5, 5.41) is 2.54. The molecule has 1 amide bonds. The number of alkyl halides is 3. The Bertz CT molecular complexity index is 524. The van der Waals surface area contributed by atoms with E-state index in [1.165, 1.54) is 18.2 Å². The Balaban J connectivity index is 0.00000128. The molecule has 0 heterocycles. The molecular formula is C15H20F3NO. The second-order valence-corrected chi connectivity index (χ2v) is 4.26. The number of hydrogen-bond acceptors (Lipinski definition) is 1. The Kier molecular flexibility index (Phi) is 5.36. The van der Waals surface area contributed by atoms with Gasteiger partial charge in [-0.05, 0) is 31.9 Å². The Morgan fingerprint density at radius 3 is 2.25 bits per heavy atom. The van der Waals surface area contributed by atoms with E-state index in [9.17, 15) is 18.0 Å². The highest BCUT2D eigenvalue weighted by atomic mass is 19.4. The molecule has 112 valence electrons. The van der Waals surface area contributed by atoms with Crippen LogP contribution in [-0.4, -0.2) is 5.91 Å². The van der Waals surface area contributed by atoms with Crippen LogP contribution < -0.4 is 5.32 Å². The Hall–Kier alpha value is -1.78. The summed E-state index contributed by atoms with van der Waals surface area (Å²) in [5.74, 6) is -0.697. The molecule has 2 nitrogen and oxygen atoms in total. The molecule has 20 heavy (non-hydrogen) atoms. The van der Waals surface area contributed by atoms with Crippen molar-refractivity contribution in [3.8, 4) is 0 Å². The van der Waals surface area contributed by atoms with Gasteiger partial charge in [-0.2, -0.15) is 13.2 Å². The number of hydrogen-bond donors (Lipinski definition) is 1. The fourth-order valence-corrected chi connectivity index (χ4v) is 1.80. The normalized spacial score (nSPS) is 14.1. The van der Waals surface area contributed by atoms with Gasteiger partial charge in [-0.25, -0.2) is 0 Å². The van der Waals surface area contributed by atoms with E-state index in [1.807, 2.05) is 20.8 Å². The van der Waals surface area contributed by atoms with E-state index in [0.717, 1.165) is 23.8 Å². The first-order chi connectivity index (χ1) is 9.39. The van der Waals surface area contributed by atoms with Gasteiger partial charge in [0.15, 0.2) is 0 Å². The van der Waals surface area contributed by atoms with Crippen LogP contribution in [0.25, 0.3) is 0 Å². The third-order valence-electron chi connectivity index (χ3n) is 3.01. The van der Waals surface area contributed by atoms with Gasteiger partial charge in [-0.3, -0.25) is 4.79 Å². The maximum absolute atomic E-state index is 12.7. The predicted molar refractivity (Wildman–Crippen MR) is 74.3 cm³/mol. The minimum Gasteiger partial charge on any atom is -0.326 e. The molecular weight excluding hydrogens is 267 g/mol. The van der Waals surface area contributed by atoms with Gasteiger partial charge in [-0.1, -0.05) is 31.6 Å². The fraction of sp³-hybridized carbons (Fsp3) is 0.400. The molecule has 2 rings (SSSR count). The van der Waals surface area contributed by atoms with E-state index in [2.05, 4.69) is 5.32 Å². The summed E-state index contributed by atoms with van der Waals surface area (Å²) < 4.78 is 38.2. The molecule has 0 radical (unpaired) electrons. The lowest BCUT2D eigenvalue weighted by Crippen LogP contribution is -2.29. The predicted octanol–water partition coefficient (Wildman–Crippen LogP) is 4.78. The molecule has 0 aliphatic heterocycles. The molecule has 0 spiro atoms. The highest BCUT2D eigenvalue weighted by Crippen LogP contribution is 2.32. The van der Waals surface area contributed by atoms with Gasteiger partial charge in [-0.15, -0.1) is 0 Å². The monoisotopic (exact) mass is 287 g/mol. The van der Waals surface area contributed by atoms with Gasteiger partial charge in [0.2, 0.25) is 0 Å². The number of nitrogens with one attached hydrogen (secondary N) is 1. The largest absolute Gasteiger partial charge is 0.417 e. The third kappa shape index (κ3) is 3.62. The smallest absolute Gasteiger partial charge is 0.326 e. The summed E-state index contributed by atoms with van der Waals surface area (Å²) in [7, 11) is 0. The van der Waals surface area contributed by atoms with Crippen LogP contribution in [0, 0.1) is 0 Å². The Labute approximate surface area is 118 Å². The second-order valence-electron chi connectivity index (χ2n) is 4.26. The molecule has 0 atom stereocenters. The van der Waals surface area contributed by atoms with Gasteiger partial charge in [0, 0.05) is 7.12 Å². The van der Waals surface area contributed by atoms with Crippen LogP contribution >= 0.6 is 0 Å². The van der Waals surface area contributed by atoms with Crippen LogP contribution in [0.5, 0.6) is 0 Å². The van der Waals surface area contributed by atoms with E-state index in [4.69, 9.17) is 0 Å². The van der Waals surface area contributed by atoms with Crippen molar-refractivity contribution < 1.29 is 19.4 Å². The number of benzene rings is 1. The zero-order valence-electron chi connectivity index (χ0n) is 11.8. The Morgan fingerprint density at radius 1 is 1.20 bits per heavy atom. The molecule has 0 fully saturated rings. The van der Waals surface area contributed by atoms with Gasteiger partial charge in [0.1, 0.15) is 0 Å². The van der Waals surface area contributed by atoms with E-state index in [-0.39, 0.29) is 6.99 Å². The molecule has 1 aliphatic rings. The van der Waals surface area contributed by atoms with E-state index < -0.39 is 17.6 Å². The maximum atomic E-state index is 12.7. The molecule has 1 aliphatic carbocycles. The van der Waals surface area contributed by atoms with Crippen LogP contribution in [0.1, 0.15) is 51.0 Å². The topological polar surface area (TPSA) is 29.1 Å². The number of allylic oxidation sites excluding steroid dienone is 2. The first-order valence-electron chi connectivity index (χ1n) is 6.56. The van der Waals surface area contributed by atoms with Crippen molar-refractivity contribution in [1.82, 2.24) is 5.32 Å². The van der Waals surface area contributed by atoms with Crippen molar-refractivity contribution in [2.45, 2.75) is 39.8 Å². The molecule has 0 aromatic heterocycles. The quantitative estimate of drug-likeness (QED) is 0.833. The number of carbonyl (C=O) groups excluding carboxylic acids is 1. The minimum atomic E-state index is -4.52. The van der Waals surface area contributed by atoms with Crippen molar-refractivity contribution in [1.29, 1.82) is 0 Å². The molecule has 0 bridgehead atoms. The average Bonchev–Trinajstić information content (AvgIpc) is 2.44. The molecule has 1 aromatic carbocycles. The number of halogens is 3. The van der Waals surface area contributed by atoms with Gasteiger partial charge in [0.25, 0.3) is 5.91 Å². The fourth-order valence-electron chi connectivity index (χ4n) is 1.80. The van der Waals surface area contributed by atoms with Crippen molar-refractivity contribution in [2.75, 3.05) is 0 Å². The van der Waals surface area contributed by atoms with E-state index in [0.29, 0.717) is 6.42 Å². The van der Waals surface area contributed by atoms with E-state index in [1.54, 1.807) is 0 Å². The zero-order chi connectivity index (χ0) is 15.3. The van der Waals surface area contributed by atoms with Crippen LogP contribution in [0.4, 0.5) is 13.2 Å². The molecule has 5 heteroatoms. The van der Waals surface area contributed by atoms with Crippen molar-refractivity contribution in [2.24, 2.45) is 0 Å².